The first-order valence-corrected chi connectivity index (χ1v) is 5.60. The summed E-state index contributed by atoms with van der Waals surface area (Å²) in [4.78, 5) is 5.29. The van der Waals surface area contributed by atoms with Crippen LogP contribution >= 0.6 is 0 Å². The number of aliphatic hydroxyl groups is 1. The summed E-state index contributed by atoms with van der Waals surface area (Å²) in [5.41, 5.74) is 0.979. The third-order valence-corrected chi connectivity index (χ3v) is 2.87. The van der Waals surface area contributed by atoms with Crippen molar-refractivity contribution in [3.8, 4) is 0 Å². The first-order valence-electron chi connectivity index (χ1n) is 5.60. The molecule has 4 nitrogen and oxygen atoms in total. The van der Waals surface area contributed by atoms with Crippen molar-refractivity contribution < 1.29 is 5.11 Å². The quantitative estimate of drug-likeness (QED) is 0.673. The van der Waals surface area contributed by atoms with E-state index in [0.29, 0.717) is 0 Å². The van der Waals surface area contributed by atoms with Crippen LogP contribution in [0.15, 0.2) is 18.5 Å². The molecule has 2 rings (SSSR count). The minimum absolute atomic E-state index is 0.366. The number of nitrogens with zero attached hydrogens (tertiary/aromatic N) is 1. The molecule has 4 heteroatoms. The van der Waals surface area contributed by atoms with Crippen LogP contribution in [-0.4, -0.2) is 47.7 Å². The minimum Gasteiger partial charge on any atom is -0.387 e. The number of hydrogen-bond donors (Lipinski definition) is 3. The van der Waals surface area contributed by atoms with Gasteiger partial charge in [-0.1, -0.05) is 0 Å². The number of H-pyrrole nitrogens is 1. The van der Waals surface area contributed by atoms with Crippen LogP contribution in [-0.2, 0) is 0 Å². The molecule has 1 aromatic rings. The lowest BCUT2D eigenvalue weighted by Crippen LogP contribution is -2.32. The van der Waals surface area contributed by atoms with E-state index in [-0.39, 0.29) is 6.10 Å². The fraction of sp³-hybridized carbons (Fsp3) is 0.636. The van der Waals surface area contributed by atoms with Gasteiger partial charge in [0.15, 0.2) is 0 Å². The molecule has 84 valence electrons. The van der Waals surface area contributed by atoms with E-state index in [4.69, 9.17) is 0 Å². The lowest BCUT2D eigenvalue weighted by Gasteiger charge is -2.22. The molecule has 1 aliphatic rings. The summed E-state index contributed by atoms with van der Waals surface area (Å²) in [6, 6.07) is 1.93. The average Bonchev–Trinajstić information content (AvgIpc) is 2.65. The fourth-order valence-electron chi connectivity index (χ4n) is 1.98. The molecular weight excluding hydrogens is 190 g/mol. The SMILES string of the molecule is OC(CN1CCCNCC1)c1cc[nH]c1. The highest BCUT2D eigenvalue weighted by Crippen LogP contribution is 2.13. The van der Waals surface area contributed by atoms with Gasteiger partial charge in [0, 0.05) is 32.0 Å². The highest BCUT2D eigenvalue weighted by Gasteiger charge is 2.14. The van der Waals surface area contributed by atoms with E-state index in [2.05, 4.69) is 15.2 Å². The number of aromatic amines is 1. The molecule has 0 spiro atoms. The summed E-state index contributed by atoms with van der Waals surface area (Å²) < 4.78 is 0. The maximum atomic E-state index is 9.97. The monoisotopic (exact) mass is 209 g/mol. The Labute approximate surface area is 90.3 Å². The third kappa shape index (κ3) is 3.06. The maximum Gasteiger partial charge on any atom is 0.0931 e. The molecular formula is C11H19N3O. The second-order valence-corrected chi connectivity index (χ2v) is 4.06. The Balaban J connectivity index is 1.84. The topological polar surface area (TPSA) is 51.3 Å². The summed E-state index contributed by atoms with van der Waals surface area (Å²) in [5.74, 6) is 0. The normalized spacial score (nSPS) is 21.1. The van der Waals surface area contributed by atoms with Crippen LogP contribution < -0.4 is 5.32 Å². The second kappa shape index (κ2) is 5.30. The fourth-order valence-corrected chi connectivity index (χ4v) is 1.98. The Bertz CT molecular complexity index is 265. The van der Waals surface area contributed by atoms with Gasteiger partial charge in [0.05, 0.1) is 6.10 Å². The van der Waals surface area contributed by atoms with E-state index in [1.165, 1.54) is 6.42 Å². The number of β-amino-alcohol motifs (C(OH)–C–C–N with tert-alkyl or cyclic N) is 1. The Morgan fingerprint density at radius 3 is 3.13 bits per heavy atom. The van der Waals surface area contributed by atoms with Gasteiger partial charge in [0.2, 0.25) is 0 Å². The van der Waals surface area contributed by atoms with Gasteiger partial charge in [-0.2, -0.15) is 0 Å². The molecule has 1 unspecified atom stereocenters. The summed E-state index contributed by atoms with van der Waals surface area (Å²) in [5, 5.41) is 13.3. The predicted octanol–water partition coefficient (Wildman–Crippen LogP) is 0.343. The predicted molar refractivity (Wildman–Crippen MR) is 59.7 cm³/mol. The molecule has 0 amide bonds. The zero-order chi connectivity index (χ0) is 10.5. The molecule has 2 heterocycles. The standard InChI is InChI=1S/C11H19N3O/c15-11(10-2-4-13-8-10)9-14-6-1-3-12-5-7-14/h2,4,8,11-13,15H,1,3,5-7,9H2. The van der Waals surface area contributed by atoms with E-state index in [1.54, 1.807) is 0 Å². The lowest BCUT2D eigenvalue weighted by atomic mass is 10.2. The van der Waals surface area contributed by atoms with Crippen molar-refractivity contribution in [2.24, 2.45) is 0 Å². The Kier molecular flexibility index (Phi) is 3.77. The van der Waals surface area contributed by atoms with Crippen LogP contribution in [0.1, 0.15) is 18.1 Å². The number of hydrogen-bond acceptors (Lipinski definition) is 3. The van der Waals surface area contributed by atoms with Crippen molar-refractivity contribution >= 4 is 0 Å². The highest BCUT2D eigenvalue weighted by molar-refractivity contribution is 5.12. The van der Waals surface area contributed by atoms with Gasteiger partial charge in [0.25, 0.3) is 0 Å². The third-order valence-electron chi connectivity index (χ3n) is 2.87. The molecule has 1 fully saturated rings. The van der Waals surface area contributed by atoms with E-state index < -0.39 is 0 Å². The van der Waals surface area contributed by atoms with E-state index >= 15 is 0 Å². The average molecular weight is 209 g/mol. The van der Waals surface area contributed by atoms with Crippen LogP contribution in [0.2, 0.25) is 0 Å². The lowest BCUT2D eigenvalue weighted by molar-refractivity contribution is 0.117. The molecule has 1 atom stereocenters. The molecule has 0 saturated carbocycles. The van der Waals surface area contributed by atoms with Crippen LogP contribution in [0.25, 0.3) is 0 Å². The van der Waals surface area contributed by atoms with Crippen molar-refractivity contribution in [1.82, 2.24) is 15.2 Å². The zero-order valence-electron chi connectivity index (χ0n) is 8.95. The Morgan fingerprint density at radius 2 is 2.33 bits per heavy atom. The smallest absolute Gasteiger partial charge is 0.0931 e. The van der Waals surface area contributed by atoms with E-state index in [9.17, 15) is 5.11 Å². The molecule has 0 radical (unpaired) electrons. The molecule has 0 aliphatic carbocycles. The second-order valence-electron chi connectivity index (χ2n) is 4.06. The summed E-state index contributed by atoms with van der Waals surface area (Å²) in [7, 11) is 0. The highest BCUT2D eigenvalue weighted by atomic mass is 16.3. The number of aromatic nitrogens is 1. The van der Waals surface area contributed by atoms with Crippen molar-refractivity contribution in [2.45, 2.75) is 12.5 Å². The molecule has 15 heavy (non-hydrogen) atoms. The molecule has 3 N–H and O–H groups in total. The van der Waals surface area contributed by atoms with Crippen molar-refractivity contribution in [2.75, 3.05) is 32.7 Å². The van der Waals surface area contributed by atoms with Gasteiger partial charge in [0.1, 0.15) is 0 Å². The van der Waals surface area contributed by atoms with Gasteiger partial charge in [-0.3, -0.25) is 4.90 Å². The molecule has 1 aliphatic heterocycles. The molecule has 0 aromatic carbocycles. The van der Waals surface area contributed by atoms with Gasteiger partial charge in [-0.05, 0) is 31.1 Å². The molecule has 1 saturated heterocycles. The largest absolute Gasteiger partial charge is 0.387 e. The summed E-state index contributed by atoms with van der Waals surface area (Å²) in [6.07, 6.45) is 4.51. The summed E-state index contributed by atoms with van der Waals surface area (Å²) in [6.45, 7) is 4.96. The van der Waals surface area contributed by atoms with Crippen molar-refractivity contribution in [3.63, 3.8) is 0 Å². The van der Waals surface area contributed by atoms with E-state index in [0.717, 1.165) is 38.3 Å². The number of aliphatic hydroxyl groups excluding tert-OH is 1. The van der Waals surface area contributed by atoms with Crippen LogP contribution in [0.4, 0.5) is 0 Å². The maximum absolute atomic E-state index is 9.97. The first kappa shape index (κ1) is 10.7. The van der Waals surface area contributed by atoms with E-state index in [1.807, 2.05) is 18.5 Å². The first-order chi connectivity index (χ1) is 7.36. The molecule has 0 bridgehead atoms. The van der Waals surface area contributed by atoms with Crippen LogP contribution in [0.5, 0.6) is 0 Å². The number of rotatable bonds is 3. The minimum atomic E-state index is -0.366. The van der Waals surface area contributed by atoms with Gasteiger partial charge >= 0.3 is 0 Å². The Morgan fingerprint density at radius 1 is 1.40 bits per heavy atom. The van der Waals surface area contributed by atoms with Crippen molar-refractivity contribution in [3.05, 3.63) is 24.0 Å². The van der Waals surface area contributed by atoms with Crippen LogP contribution in [0.3, 0.4) is 0 Å². The molecule has 1 aromatic heterocycles. The van der Waals surface area contributed by atoms with Gasteiger partial charge < -0.3 is 15.4 Å². The number of nitrogens with one attached hydrogen (secondary N) is 2. The van der Waals surface area contributed by atoms with Crippen molar-refractivity contribution in [1.29, 1.82) is 0 Å². The zero-order valence-corrected chi connectivity index (χ0v) is 8.95. The summed E-state index contributed by atoms with van der Waals surface area (Å²) >= 11 is 0. The Hall–Kier alpha value is -0.840. The van der Waals surface area contributed by atoms with Crippen LogP contribution in [0, 0.1) is 0 Å². The van der Waals surface area contributed by atoms with Gasteiger partial charge in [-0.15, -0.1) is 0 Å². The van der Waals surface area contributed by atoms with Gasteiger partial charge in [-0.25, -0.2) is 0 Å².